The van der Waals surface area contributed by atoms with E-state index in [1.165, 1.54) is 19.3 Å². The van der Waals surface area contributed by atoms with Crippen molar-refractivity contribution in [2.45, 2.75) is 52.1 Å². The van der Waals surface area contributed by atoms with Gasteiger partial charge in [0, 0.05) is 12.3 Å². The summed E-state index contributed by atoms with van der Waals surface area (Å²) in [4.78, 5) is 11.2. The lowest BCUT2D eigenvalue weighted by molar-refractivity contribution is -0.146. The van der Waals surface area contributed by atoms with E-state index in [9.17, 15) is 4.79 Å². The first-order chi connectivity index (χ1) is 7.09. The van der Waals surface area contributed by atoms with E-state index in [0.29, 0.717) is 17.8 Å². The Bertz CT molecular complexity index is 295. The van der Waals surface area contributed by atoms with Gasteiger partial charge in [-0.2, -0.15) is 0 Å². The Hall–Kier alpha value is -0.530. The van der Waals surface area contributed by atoms with Crippen molar-refractivity contribution in [3.05, 3.63) is 0 Å². The zero-order valence-electron chi connectivity index (χ0n) is 9.66. The predicted octanol–water partition coefficient (Wildman–Crippen LogP) is 2.76. The molecule has 2 aliphatic carbocycles. The van der Waals surface area contributed by atoms with E-state index in [4.69, 9.17) is 4.74 Å². The molecule has 0 radical (unpaired) electrons. The van der Waals surface area contributed by atoms with E-state index in [-0.39, 0.29) is 12.1 Å². The maximum absolute atomic E-state index is 11.2. The summed E-state index contributed by atoms with van der Waals surface area (Å²) in [5, 5.41) is 0. The van der Waals surface area contributed by atoms with Gasteiger partial charge < -0.3 is 4.74 Å². The summed E-state index contributed by atoms with van der Waals surface area (Å²) in [5.41, 5.74) is 0.401. The van der Waals surface area contributed by atoms with Crippen molar-refractivity contribution >= 4 is 5.97 Å². The van der Waals surface area contributed by atoms with Crippen LogP contribution in [0.4, 0.5) is 0 Å². The Kier molecular flexibility index (Phi) is 1.93. The number of hydrogen-bond donors (Lipinski definition) is 0. The first kappa shape index (κ1) is 9.68. The Balaban J connectivity index is 1.83. The van der Waals surface area contributed by atoms with E-state index < -0.39 is 0 Å². The normalized spacial score (nSPS) is 47.2. The fraction of sp³-hybridized carbons (Fsp3) is 0.923. The zero-order valence-corrected chi connectivity index (χ0v) is 9.66. The second-order valence-corrected chi connectivity index (χ2v) is 6.18. The molecule has 0 amide bonds. The van der Waals surface area contributed by atoms with Crippen LogP contribution in [0.5, 0.6) is 0 Å². The number of fused-ring (bicyclic) bond motifs is 2. The van der Waals surface area contributed by atoms with Gasteiger partial charge in [0.2, 0.25) is 0 Å². The van der Waals surface area contributed by atoms with E-state index in [0.717, 1.165) is 18.3 Å². The second-order valence-electron chi connectivity index (χ2n) is 6.18. The van der Waals surface area contributed by atoms with Gasteiger partial charge in [0.25, 0.3) is 0 Å². The minimum absolute atomic E-state index is 0.0265. The van der Waals surface area contributed by atoms with Crippen molar-refractivity contribution in [1.82, 2.24) is 0 Å². The highest BCUT2D eigenvalue weighted by Gasteiger charge is 2.56. The van der Waals surface area contributed by atoms with Gasteiger partial charge >= 0.3 is 5.97 Å². The van der Waals surface area contributed by atoms with E-state index >= 15 is 0 Å². The van der Waals surface area contributed by atoms with Crippen molar-refractivity contribution in [2.24, 2.45) is 23.2 Å². The number of carbonyl (C=O) groups excluding carboxylic acids is 1. The van der Waals surface area contributed by atoms with E-state index in [1.807, 2.05) is 0 Å². The molecule has 0 spiro atoms. The van der Waals surface area contributed by atoms with Crippen molar-refractivity contribution in [2.75, 3.05) is 0 Å². The highest BCUT2D eigenvalue weighted by Crippen LogP contribution is 2.61. The van der Waals surface area contributed by atoms with Crippen molar-refractivity contribution in [1.29, 1.82) is 0 Å². The second kappa shape index (κ2) is 2.99. The molecule has 1 aliphatic heterocycles. The van der Waals surface area contributed by atoms with Crippen molar-refractivity contribution in [3.63, 3.8) is 0 Å². The molecule has 0 aromatic heterocycles. The molecular weight excluding hydrogens is 188 g/mol. The smallest absolute Gasteiger partial charge is 0.306 e. The SMILES string of the molecule is CC1(C)C2CCC(C2)C1C1CCC(=O)O1. The Labute approximate surface area is 91.4 Å². The van der Waals surface area contributed by atoms with Crippen molar-refractivity contribution in [3.8, 4) is 0 Å². The van der Waals surface area contributed by atoms with Crippen LogP contribution >= 0.6 is 0 Å². The third-order valence-electron chi connectivity index (χ3n) is 5.21. The number of rotatable bonds is 1. The van der Waals surface area contributed by atoms with Gasteiger partial charge in [-0.1, -0.05) is 13.8 Å². The summed E-state index contributed by atoms with van der Waals surface area (Å²) in [7, 11) is 0. The highest BCUT2D eigenvalue weighted by atomic mass is 16.5. The van der Waals surface area contributed by atoms with Crippen LogP contribution in [0, 0.1) is 23.2 Å². The van der Waals surface area contributed by atoms with E-state index in [2.05, 4.69) is 13.8 Å². The molecule has 0 aromatic rings. The standard InChI is InChI=1S/C13H20O2/c1-13(2)9-4-3-8(7-9)12(13)10-5-6-11(14)15-10/h8-10,12H,3-7H2,1-2H3. The molecule has 2 bridgehead atoms. The fourth-order valence-electron chi connectivity index (χ4n) is 4.48. The van der Waals surface area contributed by atoms with Crippen molar-refractivity contribution < 1.29 is 9.53 Å². The summed E-state index contributed by atoms with van der Waals surface area (Å²) in [5.74, 6) is 2.38. The molecular formula is C13H20O2. The van der Waals surface area contributed by atoms with E-state index in [1.54, 1.807) is 0 Å². The summed E-state index contributed by atoms with van der Waals surface area (Å²) in [6, 6.07) is 0. The topological polar surface area (TPSA) is 26.3 Å². The Morgan fingerprint density at radius 1 is 1.27 bits per heavy atom. The molecule has 2 nitrogen and oxygen atoms in total. The van der Waals surface area contributed by atoms with Crippen LogP contribution in [-0.2, 0) is 9.53 Å². The lowest BCUT2D eigenvalue weighted by Gasteiger charge is -2.40. The lowest BCUT2D eigenvalue weighted by Crippen LogP contribution is -2.38. The van der Waals surface area contributed by atoms with Crippen LogP contribution in [0.3, 0.4) is 0 Å². The molecule has 4 unspecified atom stereocenters. The molecule has 4 atom stereocenters. The number of cyclic esters (lactones) is 1. The molecule has 3 fully saturated rings. The minimum atomic E-state index is 0.0265. The number of hydrogen-bond acceptors (Lipinski definition) is 2. The summed E-state index contributed by atoms with van der Waals surface area (Å²) in [6.07, 6.45) is 6.00. The number of carbonyl (C=O) groups is 1. The molecule has 15 heavy (non-hydrogen) atoms. The average molecular weight is 208 g/mol. The molecule has 1 saturated heterocycles. The van der Waals surface area contributed by atoms with Gasteiger partial charge in [-0.05, 0) is 42.9 Å². The van der Waals surface area contributed by atoms with Crippen LogP contribution in [0.1, 0.15) is 46.0 Å². The molecule has 0 aromatic carbocycles. The lowest BCUT2D eigenvalue weighted by atomic mass is 9.66. The first-order valence-corrected chi connectivity index (χ1v) is 6.28. The van der Waals surface area contributed by atoms with Gasteiger partial charge in [0.05, 0.1) is 0 Å². The number of ether oxygens (including phenoxy) is 1. The van der Waals surface area contributed by atoms with Crippen LogP contribution in [0.25, 0.3) is 0 Å². The third kappa shape index (κ3) is 1.26. The van der Waals surface area contributed by atoms with Gasteiger partial charge in [0.1, 0.15) is 6.10 Å². The van der Waals surface area contributed by atoms with Gasteiger partial charge in [-0.25, -0.2) is 0 Å². The number of esters is 1. The summed E-state index contributed by atoms with van der Waals surface area (Å²) < 4.78 is 5.49. The van der Waals surface area contributed by atoms with Crippen LogP contribution in [-0.4, -0.2) is 12.1 Å². The highest BCUT2D eigenvalue weighted by molar-refractivity contribution is 5.71. The first-order valence-electron chi connectivity index (χ1n) is 6.28. The van der Waals surface area contributed by atoms with Crippen LogP contribution < -0.4 is 0 Å². The Morgan fingerprint density at radius 2 is 2.07 bits per heavy atom. The maximum atomic E-state index is 11.2. The Morgan fingerprint density at radius 3 is 2.60 bits per heavy atom. The van der Waals surface area contributed by atoms with Gasteiger partial charge in [-0.15, -0.1) is 0 Å². The molecule has 84 valence electrons. The third-order valence-corrected chi connectivity index (χ3v) is 5.21. The van der Waals surface area contributed by atoms with Crippen LogP contribution in [0.15, 0.2) is 0 Å². The average Bonchev–Trinajstić information content (AvgIpc) is 2.79. The van der Waals surface area contributed by atoms with Crippen LogP contribution in [0.2, 0.25) is 0 Å². The molecule has 3 aliphatic rings. The zero-order chi connectivity index (χ0) is 10.6. The molecule has 3 rings (SSSR count). The monoisotopic (exact) mass is 208 g/mol. The van der Waals surface area contributed by atoms with Gasteiger partial charge in [-0.3, -0.25) is 4.79 Å². The molecule has 0 N–H and O–H groups in total. The quantitative estimate of drug-likeness (QED) is 0.619. The summed E-state index contributed by atoms with van der Waals surface area (Å²) in [6.45, 7) is 4.77. The molecule has 1 heterocycles. The predicted molar refractivity (Wildman–Crippen MR) is 57.2 cm³/mol. The summed E-state index contributed by atoms with van der Waals surface area (Å²) >= 11 is 0. The fourth-order valence-corrected chi connectivity index (χ4v) is 4.48. The minimum Gasteiger partial charge on any atom is -0.462 e. The molecule has 2 saturated carbocycles. The maximum Gasteiger partial charge on any atom is 0.306 e. The largest absolute Gasteiger partial charge is 0.462 e. The molecule has 2 heteroatoms. The van der Waals surface area contributed by atoms with Gasteiger partial charge in [0.15, 0.2) is 0 Å².